The van der Waals surface area contributed by atoms with Crippen molar-refractivity contribution in [3.63, 3.8) is 0 Å². The summed E-state index contributed by atoms with van der Waals surface area (Å²) in [6, 6.07) is 6.07. The normalized spacial score (nSPS) is 19.0. The number of carbonyl (C=O) groups excluding carboxylic acids is 3. The van der Waals surface area contributed by atoms with Crippen LogP contribution in [0.2, 0.25) is 0 Å². The molecule has 0 unspecified atom stereocenters. The van der Waals surface area contributed by atoms with Gasteiger partial charge in [-0.25, -0.2) is 14.6 Å². The third-order valence-electron chi connectivity index (χ3n) is 14.7. The van der Waals surface area contributed by atoms with Crippen molar-refractivity contribution in [2.75, 3.05) is 20.3 Å². The average Bonchev–Trinajstić information content (AvgIpc) is 3.97. The van der Waals surface area contributed by atoms with E-state index in [1.807, 2.05) is 38.1 Å². The molecule has 368 valence electrons. The van der Waals surface area contributed by atoms with Gasteiger partial charge in [-0.2, -0.15) is 0 Å². The standard InChI is InChI=1S/C57H78N4O7/c1-14-41-37(9)44-30-46-39(11)43(26-27-50(62)66-29-28-36(8)25-19-24-35(7)23-18-22-34(6)21-17-20-33(4)5)53(60-46)52-54-51(55(63)68-57(52,67-16-3)56(64)65-13)40(12)47(61-54)32-49-42(15-2)38(10)45(59-49)31-48(41)58-44/h14,28,30-35,39,43,58-59H,1,15-27,29H2,2-13H3/b36-28+,44-30?,45-31?,46-30?,47-32?,48-31?,49-32?,53-52?/t34-,35-,39-,43-,57-/m0/s1. The van der Waals surface area contributed by atoms with E-state index >= 15 is 0 Å². The molecular formula is C57H78N4O7. The number of aromatic nitrogens is 4. The highest BCUT2D eigenvalue weighted by Gasteiger charge is 2.57. The first-order valence-corrected chi connectivity index (χ1v) is 25.4. The third kappa shape index (κ3) is 11.2. The smallest absolute Gasteiger partial charge is 0.385 e. The van der Waals surface area contributed by atoms with Crippen LogP contribution in [0, 0.1) is 31.6 Å². The molecule has 0 saturated heterocycles. The first kappa shape index (κ1) is 52.1. The Kier molecular flexibility index (Phi) is 17.5. The molecule has 5 atom stereocenters. The van der Waals surface area contributed by atoms with Gasteiger partial charge in [0, 0.05) is 58.2 Å². The molecule has 0 aromatic carbocycles. The van der Waals surface area contributed by atoms with Crippen molar-refractivity contribution in [2.45, 2.75) is 171 Å². The molecule has 0 radical (unpaired) electrons. The van der Waals surface area contributed by atoms with Crippen LogP contribution >= 0.6 is 0 Å². The van der Waals surface area contributed by atoms with Gasteiger partial charge in [-0.1, -0.05) is 105 Å². The zero-order chi connectivity index (χ0) is 49.4. The molecular weight excluding hydrogens is 853 g/mol. The van der Waals surface area contributed by atoms with Crippen LogP contribution in [-0.4, -0.2) is 58.2 Å². The van der Waals surface area contributed by atoms with Gasteiger partial charge >= 0.3 is 23.7 Å². The SMILES string of the molecule is C=Cc1c(C)c2cc3nc(c4c5nc(cc6[nH]c(cc1[nH]2)c(C)c6CC)C(C)=C5C(=O)O[C@]4(OCC)C(=O)OC)[C@@H](CCC(=O)OC/C=C(\C)CCC[C@@H](C)CCC[C@@H](C)CCCC(C)C)[C@@H]3C. The van der Waals surface area contributed by atoms with E-state index in [1.165, 1.54) is 57.6 Å². The number of allylic oxidation sites excluding steroid dienone is 2. The maximum atomic E-state index is 14.2. The van der Waals surface area contributed by atoms with Crippen LogP contribution in [0.1, 0.15) is 195 Å². The molecule has 2 N–H and O–H groups in total. The number of esters is 3. The van der Waals surface area contributed by atoms with Crippen LogP contribution in [0.25, 0.3) is 39.3 Å². The van der Waals surface area contributed by atoms with E-state index in [0.29, 0.717) is 35.0 Å². The van der Waals surface area contributed by atoms with Crippen molar-refractivity contribution in [1.82, 2.24) is 19.9 Å². The van der Waals surface area contributed by atoms with Crippen molar-refractivity contribution in [3.05, 3.63) is 87.0 Å². The van der Waals surface area contributed by atoms with Gasteiger partial charge in [0.05, 0.1) is 35.3 Å². The van der Waals surface area contributed by atoms with E-state index in [1.54, 1.807) is 6.92 Å². The van der Waals surface area contributed by atoms with Gasteiger partial charge in [-0.15, -0.1) is 0 Å². The Bertz CT molecular complexity index is 2590. The molecule has 0 aliphatic carbocycles. The van der Waals surface area contributed by atoms with Crippen LogP contribution < -0.4 is 0 Å². The fourth-order valence-corrected chi connectivity index (χ4v) is 10.5. The number of H-pyrrole nitrogens is 2. The summed E-state index contributed by atoms with van der Waals surface area (Å²) in [5.41, 5.74) is 11.8. The summed E-state index contributed by atoms with van der Waals surface area (Å²) in [6.45, 7) is 27.7. The predicted molar refractivity (Wildman–Crippen MR) is 274 cm³/mol. The summed E-state index contributed by atoms with van der Waals surface area (Å²) in [7, 11) is 1.23. The Labute approximate surface area is 405 Å². The lowest BCUT2D eigenvalue weighted by atomic mass is 9.82. The number of aryl methyl sites for hydroxylation is 3. The number of aromatic amines is 2. The molecule has 11 nitrogen and oxygen atoms in total. The summed E-state index contributed by atoms with van der Waals surface area (Å²) in [4.78, 5) is 59.6. The molecule has 0 saturated carbocycles. The highest BCUT2D eigenvalue weighted by atomic mass is 16.7. The number of carbonyl (C=O) groups is 3. The topological polar surface area (TPSA) is 145 Å². The second-order valence-corrected chi connectivity index (χ2v) is 20.1. The minimum atomic E-state index is -2.31. The second kappa shape index (κ2) is 22.9. The first-order valence-electron chi connectivity index (χ1n) is 25.4. The number of cyclic esters (lactones) is 1. The fraction of sp³-hybridized carbons (Fsp3) is 0.561. The molecule has 0 amide bonds. The highest BCUT2D eigenvalue weighted by Crippen LogP contribution is 2.51. The molecule has 68 heavy (non-hydrogen) atoms. The van der Waals surface area contributed by atoms with Crippen molar-refractivity contribution in [1.29, 1.82) is 0 Å². The van der Waals surface area contributed by atoms with Crippen LogP contribution in [0.5, 0.6) is 0 Å². The number of methoxy groups -OCH3 is 1. The molecule has 11 heteroatoms. The first-order chi connectivity index (χ1) is 32.5. The van der Waals surface area contributed by atoms with Gasteiger partial charge < -0.3 is 28.9 Å². The Morgan fingerprint density at radius 2 is 1.54 bits per heavy atom. The van der Waals surface area contributed by atoms with E-state index in [2.05, 4.69) is 78.0 Å². The van der Waals surface area contributed by atoms with Gasteiger partial charge in [0.1, 0.15) is 6.61 Å². The van der Waals surface area contributed by atoms with Gasteiger partial charge in [-0.05, 0) is 125 Å². The number of hydrogen-bond acceptors (Lipinski definition) is 9. The minimum Gasteiger partial charge on any atom is -0.464 e. The monoisotopic (exact) mass is 931 g/mol. The summed E-state index contributed by atoms with van der Waals surface area (Å²) < 4.78 is 23.6. The van der Waals surface area contributed by atoms with Crippen molar-refractivity contribution in [3.8, 4) is 0 Å². The lowest BCUT2D eigenvalue weighted by molar-refractivity contribution is -0.245. The highest BCUT2D eigenvalue weighted by molar-refractivity contribution is 6.27. The fourth-order valence-electron chi connectivity index (χ4n) is 10.5. The number of fused-ring (bicyclic) bond motifs is 8. The average molecular weight is 931 g/mol. The minimum absolute atomic E-state index is 0.00214. The number of rotatable bonds is 22. The molecule has 3 aliphatic rings. The molecule has 0 fully saturated rings. The van der Waals surface area contributed by atoms with Crippen molar-refractivity contribution >= 4 is 57.2 Å². The van der Waals surface area contributed by atoms with Gasteiger partial charge in [0.2, 0.25) is 0 Å². The van der Waals surface area contributed by atoms with Crippen molar-refractivity contribution in [2.24, 2.45) is 17.8 Å². The molecule has 6 heterocycles. The maximum Gasteiger partial charge on any atom is 0.385 e. The zero-order valence-electron chi connectivity index (χ0n) is 43.1. The van der Waals surface area contributed by atoms with Crippen LogP contribution in [0.15, 0.2) is 36.4 Å². The summed E-state index contributed by atoms with van der Waals surface area (Å²) in [5.74, 6) is -2.72. The number of hydrogen-bond donors (Lipinski definition) is 2. The van der Waals surface area contributed by atoms with Crippen LogP contribution in [0.4, 0.5) is 0 Å². The summed E-state index contributed by atoms with van der Waals surface area (Å²) in [5, 5.41) is 0. The summed E-state index contributed by atoms with van der Waals surface area (Å²) >= 11 is 0. The van der Waals surface area contributed by atoms with Crippen LogP contribution in [0.3, 0.4) is 0 Å². The molecule has 8 bridgehead atoms. The van der Waals surface area contributed by atoms with E-state index in [4.69, 9.17) is 28.9 Å². The Hall–Kier alpha value is -5.29. The molecule has 3 aromatic heterocycles. The lowest BCUT2D eigenvalue weighted by Crippen LogP contribution is -2.48. The van der Waals surface area contributed by atoms with Gasteiger partial charge in [-0.3, -0.25) is 9.78 Å². The van der Waals surface area contributed by atoms with E-state index in [9.17, 15) is 14.4 Å². The molecule has 3 aromatic rings. The Morgan fingerprint density at radius 3 is 2.19 bits per heavy atom. The Morgan fingerprint density at radius 1 is 0.882 bits per heavy atom. The summed E-state index contributed by atoms with van der Waals surface area (Å²) in [6.07, 6.45) is 16.2. The van der Waals surface area contributed by atoms with Crippen molar-refractivity contribution < 1.29 is 33.3 Å². The lowest BCUT2D eigenvalue weighted by Gasteiger charge is -2.35. The van der Waals surface area contributed by atoms with Crippen LogP contribution in [-0.2, 0) is 45.5 Å². The molecule has 3 aliphatic heterocycles. The van der Waals surface area contributed by atoms with Gasteiger partial charge in [0.25, 0.3) is 0 Å². The molecule has 6 rings (SSSR count). The van der Waals surface area contributed by atoms with E-state index < -0.39 is 23.6 Å². The Balaban J connectivity index is 1.31. The largest absolute Gasteiger partial charge is 0.464 e. The number of nitrogens with zero attached hydrogens (tertiary/aromatic N) is 2. The van der Waals surface area contributed by atoms with Gasteiger partial charge in [0.15, 0.2) is 0 Å². The van der Waals surface area contributed by atoms with E-state index in [-0.39, 0.29) is 48.4 Å². The van der Waals surface area contributed by atoms with E-state index in [0.717, 1.165) is 75.4 Å². The predicted octanol–water partition coefficient (Wildman–Crippen LogP) is 13.6. The molecule has 0 spiro atoms. The maximum absolute atomic E-state index is 14.2. The number of ether oxygens (including phenoxy) is 4. The quantitative estimate of drug-likeness (QED) is 0.0571. The number of nitrogens with one attached hydrogen (secondary N) is 2. The third-order valence-corrected chi connectivity index (χ3v) is 14.7. The second-order valence-electron chi connectivity index (χ2n) is 20.1. The zero-order valence-corrected chi connectivity index (χ0v) is 43.1.